The highest BCUT2D eigenvalue weighted by molar-refractivity contribution is 5.75. The van der Waals surface area contributed by atoms with Gasteiger partial charge in [-0.2, -0.15) is 0 Å². The molecule has 1 rings (SSSR count). The second kappa shape index (κ2) is 4.64. The third-order valence-corrected chi connectivity index (χ3v) is 2.67. The Morgan fingerprint density at radius 2 is 1.12 bits per heavy atom. The van der Waals surface area contributed by atoms with Crippen LogP contribution in [0, 0.1) is 6.92 Å². The lowest BCUT2D eigenvalue weighted by molar-refractivity contribution is 1.07. The highest BCUT2D eigenvalue weighted by Gasteiger charge is 2.11. The van der Waals surface area contributed by atoms with Gasteiger partial charge in [-0.25, -0.2) is 0 Å². The summed E-state index contributed by atoms with van der Waals surface area (Å²) in [6.45, 7) is 4.16. The van der Waals surface area contributed by atoms with Gasteiger partial charge in [-0.05, 0) is 24.6 Å². The molecule has 1 aromatic carbocycles. The maximum Gasteiger partial charge on any atom is 0.0435 e. The van der Waals surface area contributed by atoms with Crippen LogP contribution in [0.15, 0.2) is 12.1 Å². The predicted molar refractivity (Wildman–Crippen MR) is 73.9 cm³/mol. The van der Waals surface area contributed by atoms with Crippen LogP contribution in [0.3, 0.4) is 0 Å². The molecule has 16 heavy (non-hydrogen) atoms. The molecular weight excluding hydrogens is 198 g/mol. The molecule has 0 spiro atoms. The fourth-order valence-corrected chi connectivity index (χ4v) is 1.68. The zero-order valence-corrected chi connectivity index (χ0v) is 11.2. The molecule has 0 amide bonds. The third kappa shape index (κ3) is 2.40. The number of benzene rings is 1. The van der Waals surface area contributed by atoms with Gasteiger partial charge in [-0.1, -0.05) is 0 Å². The quantitative estimate of drug-likeness (QED) is 0.772. The van der Waals surface area contributed by atoms with Gasteiger partial charge >= 0.3 is 0 Å². The topological polar surface area (TPSA) is 9.72 Å². The first-order chi connectivity index (χ1) is 7.34. The smallest absolute Gasteiger partial charge is 0.0435 e. The van der Waals surface area contributed by atoms with Crippen molar-refractivity contribution in [2.24, 2.45) is 0 Å². The molecule has 0 heterocycles. The average molecular weight is 220 g/mol. The van der Waals surface area contributed by atoms with Gasteiger partial charge in [0.05, 0.1) is 0 Å². The van der Waals surface area contributed by atoms with Gasteiger partial charge in [0.25, 0.3) is 0 Å². The first-order valence-corrected chi connectivity index (χ1v) is 5.36. The van der Waals surface area contributed by atoms with Crippen LogP contribution in [0.1, 0.15) is 5.56 Å². The predicted octanol–water partition coefficient (Wildman–Crippen LogP) is 2.07. The molecule has 0 aromatic heterocycles. The van der Waals surface area contributed by atoms with Crippen molar-refractivity contribution in [2.75, 3.05) is 57.0 Å². The minimum absolute atomic E-state index is 1.07. The maximum atomic E-state index is 4.16. The SMILES string of the molecule is [CH2]c1c(N(C)C)cc(N(C)C)cc1N(C)C. The van der Waals surface area contributed by atoms with Gasteiger partial charge in [-0.3, -0.25) is 0 Å². The molecule has 0 saturated heterocycles. The molecule has 0 atom stereocenters. The molecule has 0 N–H and O–H groups in total. The lowest BCUT2D eigenvalue weighted by atomic mass is 10.1. The minimum Gasteiger partial charge on any atom is -0.378 e. The van der Waals surface area contributed by atoms with Gasteiger partial charge in [-0.15, -0.1) is 0 Å². The molecule has 0 fully saturated rings. The number of anilines is 3. The summed E-state index contributed by atoms with van der Waals surface area (Å²) in [6, 6.07) is 4.32. The lowest BCUT2D eigenvalue weighted by Gasteiger charge is -2.25. The van der Waals surface area contributed by atoms with Crippen molar-refractivity contribution in [3.05, 3.63) is 24.6 Å². The fourth-order valence-electron chi connectivity index (χ4n) is 1.68. The molecule has 0 saturated carbocycles. The Morgan fingerprint density at radius 3 is 1.38 bits per heavy atom. The van der Waals surface area contributed by atoms with Crippen LogP contribution in [0.25, 0.3) is 0 Å². The van der Waals surface area contributed by atoms with E-state index in [0.717, 1.165) is 16.9 Å². The summed E-state index contributed by atoms with van der Waals surface area (Å²) in [4.78, 5) is 6.31. The molecule has 0 aliphatic carbocycles. The van der Waals surface area contributed by atoms with Crippen LogP contribution in [-0.2, 0) is 0 Å². The molecule has 3 nitrogen and oxygen atoms in total. The third-order valence-electron chi connectivity index (χ3n) is 2.67. The van der Waals surface area contributed by atoms with Crippen LogP contribution in [0.5, 0.6) is 0 Å². The van der Waals surface area contributed by atoms with Crippen molar-refractivity contribution in [2.45, 2.75) is 0 Å². The monoisotopic (exact) mass is 220 g/mol. The van der Waals surface area contributed by atoms with E-state index in [2.05, 4.69) is 47.9 Å². The van der Waals surface area contributed by atoms with Crippen LogP contribution in [-0.4, -0.2) is 42.3 Å². The zero-order valence-electron chi connectivity index (χ0n) is 11.2. The highest BCUT2D eigenvalue weighted by Crippen LogP contribution is 2.32. The van der Waals surface area contributed by atoms with E-state index < -0.39 is 0 Å². The summed E-state index contributed by atoms with van der Waals surface area (Å²) < 4.78 is 0. The van der Waals surface area contributed by atoms with E-state index >= 15 is 0 Å². The van der Waals surface area contributed by atoms with Crippen molar-refractivity contribution in [3.63, 3.8) is 0 Å². The Bertz CT molecular complexity index is 338. The first kappa shape index (κ1) is 12.7. The van der Waals surface area contributed by atoms with Gasteiger partial charge < -0.3 is 14.7 Å². The summed E-state index contributed by atoms with van der Waals surface area (Å²) in [6.07, 6.45) is 0. The molecule has 0 aliphatic heterocycles. The molecule has 3 heteroatoms. The molecule has 0 unspecified atom stereocenters. The summed E-state index contributed by atoms with van der Waals surface area (Å²) in [5.41, 5.74) is 4.59. The molecular formula is C13H22N3. The number of hydrogen-bond donors (Lipinski definition) is 0. The summed E-state index contributed by atoms with van der Waals surface area (Å²) >= 11 is 0. The Kier molecular flexibility index (Phi) is 3.68. The van der Waals surface area contributed by atoms with E-state index in [1.54, 1.807) is 0 Å². The van der Waals surface area contributed by atoms with Crippen molar-refractivity contribution in [3.8, 4) is 0 Å². The van der Waals surface area contributed by atoms with Crippen molar-refractivity contribution < 1.29 is 0 Å². The van der Waals surface area contributed by atoms with E-state index in [1.807, 2.05) is 28.2 Å². The summed E-state index contributed by atoms with van der Waals surface area (Å²) in [5, 5.41) is 0. The zero-order chi connectivity index (χ0) is 12.5. The highest BCUT2D eigenvalue weighted by atomic mass is 15.1. The van der Waals surface area contributed by atoms with E-state index in [1.165, 1.54) is 5.69 Å². The normalized spacial score (nSPS) is 10.2. The fraction of sp³-hybridized carbons (Fsp3) is 0.462. The first-order valence-electron chi connectivity index (χ1n) is 5.36. The van der Waals surface area contributed by atoms with Crippen LogP contribution in [0.4, 0.5) is 17.1 Å². The van der Waals surface area contributed by atoms with E-state index in [0.29, 0.717) is 0 Å². The van der Waals surface area contributed by atoms with Crippen molar-refractivity contribution >= 4 is 17.1 Å². The van der Waals surface area contributed by atoms with Gasteiger partial charge in [0.1, 0.15) is 0 Å². The maximum absolute atomic E-state index is 4.16. The van der Waals surface area contributed by atoms with E-state index in [9.17, 15) is 0 Å². The second-order valence-electron chi connectivity index (χ2n) is 4.65. The van der Waals surface area contributed by atoms with Gasteiger partial charge in [0.2, 0.25) is 0 Å². The molecule has 0 aliphatic rings. The van der Waals surface area contributed by atoms with Crippen molar-refractivity contribution in [1.29, 1.82) is 0 Å². The molecule has 1 radical (unpaired) electrons. The molecule has 89 valence electrons. The van der Waals surface area contributed by atoms with Gasteiger partial charge in [0.15, 0.2) is 0 Å². The Hall–Kier alpha value is -1.38. The Balaban J connectivity index is 3.39. The van der Waals surface area contributed by atoms with Crippen molar-refractivity contribution in [1.82, 2.24) is 0 Å². The second-order valence-corrected chi connectivity index (χ2v) is 4.65. The molecule has 0 bridgehead atoms. The van der Waals surface area contributed by atoms with E-state index in [-0.39, 0.29) is 0 Å². The lowest BCUT2D eigenvalue weighted by Crippen LogP contribution is -2.17. The number of hydrogen-bond acceptors (Lipinski definition) is 3. The van der Waals surface area contributed by atoms with Crippen LogP contribution < -0.4 is 14.7 Å². The summed E-state index contributed by atoms with van der Waals surface area (Å²) in [5.74, 6) is 0. The van der Waals surface area contributed by atoms with E-state index in [4.69, 9.17) is 0 Å². The van der Waals surface area contributed by atoms with Crippen LogP contribution >= 0.6 is 0 Å². The minimum atomic E-state index is 1.07. The standard InChI is InChI=1S/C13H22N3/c1-10-12(15(4)5)8-11(14(2)3)9-13(10)16(6)7/h8-9H,1H2,2-7H3. The van der Waals surface area contributed by atoms with Gasteiger partial charge in [0, 0.05) is 59.3 Å². The Labute approximate surface area is 99.3 Å². The molecule has 1 aromatic rings. The Morgan fingerprint density at radius 1 is 0.750 bits per heavy atom. The largest absolute Gasteiger partial charge is 0.378 e. The number of nitrogens with zero attached hydrogens (tertiary/aromatic N) is 3. The van der Waals surface area contributed by atoms with Crippen LogP contribution in [0.2, 0.25) is 0 Å². The summed E-state index contributed by atoms with van der Waals surface area (Å²) in [7, 11) is 12.3. The average Bonchev–Trinajstić information content (AvgIpc) is 2.16. The number of rotatable bonds is 3.